The number of benzene rings is 2. The number of fused-ring (bicyclic) bond motifs is 1. The first-order valence-corrected chi connectivity index (χ1v) is 6.74. The van der Waals surface area contributed by atoms with Crippen molar-refractivity contribution in [2.24, 2.45) is 0 Å². The number of carbonyl (C=O) groups excluding carboxylic acids is 2. The van der Waals surface area contributed by atoms with E-state index >= 15 is 0 Å². The van der Waals surface area contributed by atoms with Crippen LogP contribution in [-0.2, 0) is 0 Å². The lowest BCUT2D eigenvalue weighted by Gasteiger charge is -2.09. The van der Waals surface area contributed by atoms with Gasteiger partial charge < -0.3 is 5.32 Å². The molecule has 1 aliphatic heterocycles. The molecule has 0 aliphatic carbocycles. The Kier molecular flexibility index (Phi) is 2.98. The van der Waals surface area contributed by atoms with Gasteiger partial charge in [0.2, 0.25) is 0 Å². The lowest BCUT2D eigenvalue weighted by molar-refractivity contribution is 0.0880. The maximum Gasteiger partial charge on any atom is 0.261 e. The predicted octanol–water partition coefficient (Wildman–Crippen LogP) is 2.92. The highest BCUT2D eigenvalue weighted by Crippen LogP contribution is 2.27. The van der Waals surface area contributed by atoms with Crippen LogP contribution in [0.1, 0.15) is 20.7 Å². The lowest BCUT2D eigenvalue weighted by atomic mass is 10.1. The van der Waals surface area contributed by atoms with Crippen molar-refractivity contribution in [3.05, 3.63) is 57.2 Å². The number of halogens is 1. The molecule has 0 atom stereocenters. The number of anilines is 2. The average molecular weight is 364 g/mol. The molecular formula is C14H9IN2O2. The second kappa shape index (κ2) is 4.65. The van der Waals surface area contributed by atoms with E-state index in [0.29, 0.717) is 16.8 Å². The highest BCUT2D eigenvalue weighted by atomic mass is 127. The maximum atomic E-state index is 11.8. The standard InChI is InChI=1S/C14H9IN2O2/c15-8-4-6-9(7-5-8)16-11-3-1-2-10-12(11)14(19)17-13(10)18/h1-7,16H,(H,17,18,19). The van der Waals surface area contributed by atoms with Gasteiger partial charge >= 0.3 is 0 Å². The monoisotopic (exact) mass is 364 g/mol. The fourth-order valence-electron chi connectivity index (χ4n) is 2.01. The highest BCUT2D eigenvalue weighted by Gasteiger charge is 2.29. The summed E-state index contributed by atoms with van der Waals surface area (Å²) in [5, 5.41) is 5.46. The molecule has 0 unspecified atom stereocenters. The number of nitrogens with one attached hydrogen (secondary N) is 2. The summed E-state index contributed by atoms with van der Waals surface area (Å²) in [6.07, 6.45) is 0. The van der Waals surface area contributed by atoms with Crippen molar-refractivity contribution >= 4 is 45.8 Å². The quantitative estimate of drug-likeness (QED) is 0.637. The predicted molar refractivity (Wildman–Crippen MR) is 80.7 cm³/mol. The summed E-state index contributed by atoms with van der Waals surface area (Å²) in [7, 11) is 0. The summed E-state index contributed by atoms with van der Waals surface area (Å²) in [5.74, 6) is -0.695. The van der Waals surface area contributed by atoms with E-state index < -0.39 is 0 Å². The van der Waals surface area contributed by atoms with Crippen molar-refractivity contribution < 1.29 is 9.59 Å². The van der Waals surface area contributed by atoms with E-state index in [-0.39, 0.29) is 11.8 Å². The fourth-order valence-corrected chi connectivity index (χ4v) is 2.37. The molecule has 0 saturated heterocycles. The van der Waals surface area contributed by atoms with Gasteiger partial charge in [-0.2, -0.15) is 0 Å². The van der Waals surface area contributed by atoms with Crippen LogP contribution in [0.15, 0.2) is 42.5 Å². The zero-order chi connectivity index (χ0) is 13.4. The molecule has 3 rings (SSSR count). The Morgan fingerprint density at radius 1 is 0.947 bits per heavy atom. The van der Waals surface area contributed by atoms with Crippen LogP contribution in [-0.4, -0.2) is 11.8 Å². The minimum Gasteiger partial charge on any atom is -0.355 e. The van der Waals surface area contributed by atoms with Gasteiger partial charge in [0.15, 0.2) is 0 Å². The van der Waals surface area contributed by atoms with Gasteiger partial charge in [0, 0.05) is 9.26 Å². The number of hydrogen-bond donors (Lipinski definition) is 2. The number of rotatable bonds is 2. The van der Waals surface area contributed by atoms with Crippen LogP contribution < -0.4 is 10.6 Å². The first-order chi connectivity index (χ1) is 9.15. The number of hydrogen-bond acceptors (Lipinski definition) is 3. The Bertz CT molecular complexity index is 680. The molecule has 5 heteroatoms. The molecule has 1 aliphatic rings. The zero-order valence-corrected chi connectivity index (χ0v) is 11.9. The van der Waals surface area contributed by atoms with E-state index in [1.54, 1.807) is 18.2 Å². The molecule has 0 fully saturated rings. The van der Waals surface area contributed by atoms with Crippen molar-refractivity contribution in [2.75, 3.05) is 5.32 Å². The SMILES string of the molecule is O=C1NC(=O)c2c(Nc3ccc(I)cc3)cccc21. The van der Waals surface area contributed by atoms with E-state index in [0.717, 1.165) is 9.26 Å². The number of amides is 2. The van der Waals surface area contributed by atoms with Crippen molar-refractivity contribution in [1.82, 2.24) is 5.32 Å². The van der Waals surface area contributed by atoms with Crippen LogP contribution in [0.4, 0.5) is 11.4 Å². The molecule has 0 saturated carbocycles. The van der Waals surface area contributed by atoms with Crippen LogP contribution in [0.25, 0.3) is 0 Å². The van der Waals surface area contributed by atoms with Gasteiger partial charge in [-0.15, -0.1) is 0 Å². The largest absolute Gasteiger partial charge is 0.355 e. The van der Waals surface area contributed by atoms with Crippen molar-refractivity contribution in [2.45, 2.75) is 0 Å². The summed E-state index contributed by atoms with van der Waals surface area (Å²) in [6.45, 7) is 0. The maximum absolute atomic E-state index is 11.8. The second-order valence-electron chi connectivity index (χ2n) is 4.14. The van der Waals surface area contributed by atoms with Crippen LogP contribution in [0.3, 0.4) is 0 Å². The number of carbonyl (C=O) groups is 2. The summed E-state index contributed by atoms with van der Waals surface area (Å²) in [6, 6.07) is 13.0. The molecule has 2 amide bonds. The Morgan fingerprint density at radius 3 is 2.42 bits per heavy atom. The molecule has 4 nitrogen and oxygen atoms in total. The third-order valence-electron chi connectivity index (χ3n) is 2.89. The van der Waals surface area contributed by atoms with Crippen molar-refractivity contribution in [1.29, 1.82) is 0 Å². The van der Waals surface area contributed by atoms with Crippen molar-refractivity contribution in [3.63, 3.8) is 0 Å². The lowest BCUT2D eigenvalue weighted by Crippen LogP contribution is -2.20. The third-order valence-corrected chi connectivity index (χ3v) is 3.61. The molecule has 94 valence electrons. The first kappa shape index (κ1) is 12.2. The summed E-state index contributed by atoms with van der Waals surface area (Å²) in [4.78, 5) is 23.3. The number of imide groups is 1. The van der Waals surface area contributed by atoms with Crippen LogP contribution >= 0.6 is 22.6 Å². The van der Waals surface area contributed by atoms with Crippen LogP contribution in [0, 0.1) is 3.57 Å². The molecule has 0 bridgehead atoms. The Morgan fingerprint density at radius 2 is 1.68 bits per heavy atom. The van der Waals surface area contributed by atoms with Gasteiger partial charge in [-0.05, 0) is 59.0 Å². The molecule has 19 heavy (non-hydrogen) atoms. The zero-order valence-electron chi connectivity index (χ0n) is 9.74. The summed E-state index contributed by atoms with van der Waals surface area (Å²) >= 11 is 2.23. The van der Waals surface area contributed by atoms with E-state index in [2.05, 4.69) is 33.2 Å². The van der Waals surface area contributed by atoms with Gasteiger partial charge in [0.1, 0.15) is 0 Å². The molecule has 2 aromatic rings. The van der Waals surface area contributed by atoms with E-state index in [1.807, 2.05) is 24.3 Å². The summed E-state index contributed by atoms with van der Waals surface area (Å²) < 4.78 is 1.13. The smallest absolute Gasteiger partial charge is 0.261 e. The molecule has 0 aromatic heterocycles. The van der Waals surface area contributed by atoms with E-state index in [9.17, 15) is 9.59 Å². The van der Waals surface area contributed by atoms with Crippen molar-refractivity contribution in [3.8, 4) is 0 Å². The average Bonchev–Trinajstić information content (AvgIpc) is 2.69. The highest BCUT2D eigenvalue weighted by molar-refractivity contribution is 14.1. The normalized spacial score (nSPS) is 13.1. The van der Waals surface area contributed by atoms with Gasteiger partial charge in [-0.3, -0.25) is 14.9 Å². The first-order valence-electron chi connectivity index (χ1n) is 5.66. The van der Waals surface area contributed by atoms with Gasteiger partial charge in [0.25, 0.3) is 11.8 Å². The summed E-state index contributed by atoms with van der Waals surface area (Å²) in [5.41, 5.74) is 2.34. The molecule has 1 heterocycles. The Labute approximate surface area is 123 Å². The molecule has 2 N–H and O–H groups in total. The molecule has 0 spiro atoms. The Balaban J connectivity index is 2.01. The minimum absolute atomic E-state index is 0.341. The second-order valence-corrected chi connectivity index (χ2v) is 5.39. The fraction of sp³-hybridized carbons (Fsp3) is 0. The van der Waals surface area contributed by atoms with Gasteiger partial charge in [-0.25, -0.2) is 0 Å². The molecule has 2 aromatic carbocycles. The minimum atomic E-state index is -0.353. The van der Waals surface area contributed by atoms with Gasteiger partial charge in [0.05, 0.1) is 16.8 Å². The molecule has 0 radical (unpaired) electrons. The topological polar surface area (TPSA) is 58.2 Å². The Hall–Kier alpha value is -1.89. The molecular weight excluding hydrogens is 355 g/mol. The van der Waals surface area contributed by atoms with Crippen LogP contribution in [0.2, 0.25) is 0 Å². The van der Waals surface area contributed by atoms with Crippen LogP contribution in [0.5, 0.6) is 0 Å². The van der Waals surface area contributed by atoms with E-state index in [1.165, 1.54) is 0 Å². The van der Waals surface area contributed by atoms with Gasteiger partial charge in [-0.1, -0.05) is 6.07 Å². The van der Waals surface area contributed by atoms with E-state index in [4.69, 9.17) is 0 Å². The third kappa shape index (κ3) is 2.21.